The van der Waals surface area contributed by atoms with E-state index in [-0.39, 0.29) is 17.8 Å². The van der Waals surface area contributed by atoms with E-state index >= 15 is 0 Å². The molecule has 0 bridgehead atoms. The molecule has 0 aliphatic rings. The van der Waals surface area contributed by atoms with Gasteiger partial charge in [0.25, 0.3) is 0 Å². The summed E-state index contributed by atoms with van der Waals surface area (Å²) in [5.41, 5.74) is 1.86. The first-order valence-corrected chi connectivity index (χ1v) is 12.6. The third-order valence-corrected chi connectivity index (χ3v) is 6.68. The maximum absolute atomic E-state index is 12.5. The number of benzene rings is 2. The van der Waals surface area contributed by atoms with Gasteiger partial charge in [-0.05, 0) is 26.0 Å². The number of para-hydroxylation sites is 2. The number of amides is 1. The molecule has 1 amide bonds. The molecule has 0 aliphatic heterocycles. The lowest BCUT2D eigenvalue weighted by Gasteiger charge is -2.17. The van der Waals surface area contributed by atoms with Crippen LogP contribution >= 0.6 is 23.1 Å². The van der Waals surface area contributed by atoms with E-state index in [1.165, 1.54) is 23.1 Å². The number of hydrogen-bond acceptors (Lipinski definition) is 8. The van der Waals surface area contributed by atoms with E-state index in [0.717, 1.165) is 11.3 Å². The molecule has 10 heteroatoms. The fourth-order valence-corrected chi connectivity index (χ4v) is 4.87. The van der Waals surface area contributed by atoms with Crippen molar-refractivity contribution in [2.75, 3.05) is 18.2 Å². The first kappa shape index (κ1) is 23.8. The summed E-state index contributed by atoms with van der Waals surface area (Å²) < 4.78 is 13.4. The maximum atomic E-state index is 12.5. The number of carbonyl (C=O) groups excluding carboxylic acids is 1. The lowest BCUT2D eigenvalue weighted by atomic mass is 10.2. The van der Waals surface area contributed by atoms with Crippen molar-refractivity contribution in [3.8, 4) is 22.8 Å². The molecule has 1 N–H and O–H groups in total. The number of nitrogens with one attached hydrogen (secondary N) is 1. The molecule has 4 rings (SSSR count). The number of hydrogen-bond donors (Lipinski definition) is 1. The van der Waals surface area contributed by atoms with E-state index in [0.29, 0.717) is 34.2 Å². The third-order valence-electron chi connectivity index (χ3n) is 4.95. The molecule has 1 atom stereocenters. The predicted octanol–water partition coefficient (Wildman–Crippen LogP) is 5.30. The van der Waals surface area contributed by atoms with Gasteiger partial charge in [0.05, 0.1) is 18.6 Å². The van der Waals surface area contributed by atoms with Gasteiger partial charge in [-0.3, -0.25) is 4.79 Å². The summed E-state index contributed by atoms with van der Waals surface area (Å²) in [7, 11) is 1.61. The van der Waals surface area contributed by atoms with Crippen LogP contribution in [0.1, 0.15) is 25.8 Å². The minimum absolute atomic E-state index is 0.149. The lowest BCUT2D eigenvalue weighted by molar-refractivity contribution is -0.113. The van der Waals surface area contributed by atoms with Gasteiger partial charge in [0.15, 0.2) is 33.7 Å². The van der Waals surface area contributed by atoms with Gasteiger partial charge < -0.3 is 19.4 Å². The second-order valence-electron chi connectivity index (χ2n) is 7.24. The number of nitrogens with zero attached hydrogens (tertiary/aromatic N) is 4. The number of rotatable bonds is 10. The van der Waals surface area contributed by atoms with Crippen LogP contribution in [-0.4, -0.2) is 38.5 Å². The average molecular weight is 496 g/mol. The number of ether oxygens (including phenoxy) is 2. The highest BCUT2D eigenvalue weighted by Crippen LogP contribution is 2.31. The second-order valence-corrected chi connectivity index (χ2v) is 9.04. The standard InChI is InChI=1S/C24H25N5O3S2/c1-4-29-22(16(2)32-20-13-9-8-12-19(20)31-3)27-28-24(29)34-15-21(30)26-23-25-18(14-33-23)17-10-6-5-7-11-17/h5-14,16H,4,15H2,1-3H3,(H,25,26,30). The van der Waals surface area contributed by atoms with E-state index in [2.05, 4.69) is 20.5 Å². The molecule has 176 valence electrons. The molecule has 8 nitrogen and oxygen atoms in total. The Kier molecular flexibility index (Phi) is 7.81. The van der Waals surface area contributed by atoms with E-state index < -0.39 is 0 Å². The monoisotopic (exact) mass is 495 g/mol. The maximum Gasteiger partial charge on any atom is 0.236 e. The second kappa shape index (κ2) is 11.2. The smallest absolute Gasteiger partial charge is 0.236 e. The van der Waals surface area contributed by atoms with Gasteiger partial charge in [-0.25, -0.2) is 4.98 Å². The first-order chi connectivity index (χ1) is 16.6. The summed E-state index contributed by atoms with van der Waals surface area (Å²) in [5.74, 6) is 2.02. The fraction of sp³-hybridized carbons (Fsp3) is 0.250. The predicted molar refractivity (Wildman–Crippen MR) is 135 cm³/mol. The van der Waals surface area contributed by atoms with Gasteiger partial charge in [-0.1, -0.05) is 54.2 Å². The van der Waals surface area contributed by atoms with Crippen molar-refractivity contribution in [2.24, 2.45) is 0 Å². The molecule has 0 spiro atoms. The van der Waals surface area contributed by atoms with E-state index in [1.54, 1.807) is 7.11 Å². The molecular formula is C24H25N5O3S2. The molecule has 2 heterocycles. The number of thiazole rings is 1. The van der Waals surface area contributed by atoms with Crippen LogP contribution in [0.5, 0.6) is 11.5 Å². The molecular weight excluding hydrogens is 470 g/mol. The highest BCUT2D eigenvalue weighted by Gasteiger charge is 2.20. The van der Waals surface area contributed by atoms with Gasteiger partial charge in [0.1, 0.15) is 0 Å². The molecule has 4 aromatic rings. The minimum atomic E-state index is -0.348. The van der Waals surface area contributed by atoms with Gasteiger partial charge in [-0.2, -0.15) is 0 Å². The Bertz CT molecular complexity index is 1240. The zero-order chi connectivity index (χ0) is 23.9. The van der Waals surface area contributed by atoms with E-state index in [1.807, 2.05) is 78.4 Å². The molecule has 0 saturated carbocycles. The molecule has 1 unspecified atom stereocenters. The number of thioether (sulfide) groups is 1. The van der Waals surface area contributed by atoms with Crippen LogP contribution in [0.15, 0.2) is 65.1 Å². The molecule has 0 fully saturated rings. The Hall–Kier alpha value is -3.37. The van der Waals surface area contributed by atoms with Crippen molar-refractivity contribution in [2.45, 2.75) is 31.7 Å². The highest BCUT2D eigenvalue weighted by atomic mass is 32.2. The summed E-state index contributed by atoms with van der Waals surface area (Å²) >= 11 is 2.73. The topological polar surface area (TPSA) is 91.2 Å². The lowest BCUT2D eigenvalue weighted by Crippen LogP contribution is -2.15. The SMILES string of the molecule is CCn1c(SCC(=O)Nc2nc(-c3ccccc3)cs2)nnc1C(C)Oc1ccccc1OC. The number of aromatic nitrogens is 4. The summed E-state index contributed by atoms with van der Waals surface area (Å²) in [6.07, 6.45) is -0.348. The normalized spacial score (nSPS) is 11.7. The van der Waals surface area contributed by atoms with Crippen LogP contribution in [0.2, 0.25) is 0 Å². The van der Waals surface area contributed by atoms with Gasteiger partial charge in [0, 0.05) is 17.5 Å². The van der Waals surface area contributed by atoms with Crippen LogP contribution in [0, 0.1) is 0 Å². The third kappa shape index (κ3) is 5.57. The molecule has 2 aromatic carbocycles. The largest absolute Gasteiger partial charge is 0.493 e. The Morgan fingerprint density at radius 2 is 1.85 bits per heavy atom. The van der Waals surface area contributed by atoms with Crippen molar-refractivity contribution < 1.29 is 14.3 Å². The number of methoxy groups -OCH3 is 1. The zero-order valence-corrected chi connectivity index (χ0v) is 20.7. The quantitative estimate of drug-likeness (QED) is 0.299. The Balaban J connectivity index is 1.37. The Labute approximate surface area is 206 Å². The van der Waals surface area contributed by atoms with Crippen molar-refractivity contribution in [3.63, 3.8) is 0 Å². The van der Waals surface area contributed by atoms with Crippen molar-refractivity contribution >= 4 is 34.1 Å². The van der Waals surface area contributed by atoms with Crippen LogP contribution in [0.4, 0.5) is 5.13 Å². The summed E-state index contributed by atoms with van der Waals surface area (Å²) in [6.45, 7) is 4.57. The molecule has 2 aromatic heterocycles. The van der Waals surface area contributed by atoms with Crippen molar-refractivity contribution in [1.82, 2.24) is 19.7 Å². The summed E-state index contributed by atoms with van der Waals surface area (Å²) in [4.78, 5) is 17.0. The highest BCUT2D eigenvalue weighted by molar-refractivity contribution is 7.99. The van der Waals surface area contributed by atoms with Gasteiger partial charge >= 0.3 is 0 Å². The van der Waals surface area contributed by atoms with Gasteiger partial charge in [0.2, 0.25) is 5.91 Å². The minimum Gasteiger partial charge on any atom is -0.493 e. The van der Waals surface area contributed by atoms with Crippen LogP contribution < -0.4 is 14.8 Å². The molecule has 34 heavy (non-hydrogen) atoms. The fourth-order valence-electron chi connectivity index (χ4n) is 3.32. The zero-order valence-electron chi connectivity index (χ0n) is 19.1. The van der Waals surface area contributed by atoms with Gasteiger partial charge in [-0.15, -0.1) is 21.5 Å². The van der Waals surface area contributed by atoms with Crippen LogP contribution in [0.3, 0.4) is 0 Å². The average Bonchev–Trinajstić information content (AvgIpc) is 3.50. The number of anilines is 1. The first-order valence-electron chi connectivity index (χ1n) is 10.8. The summed E-state index contributed by atoms with van der Waals surface area (Å²) in [6, 6.07) is 17.3. The van der Waals surface area contributed by atoms with Crippen molar-refractivity contribution in [3.05, 3.63) is 65.8 Å². The van der Waals surface area contributed by atoms with Crippen molar-refractivity contribution in [1.29, 1.82) is 0 Å². The molecule has 0 saturated heterocycles. The Morgan fingerprint density at radius 3 is 2.59 bits per heavy atom. The van der Waals surface area contributed by atoms with Crippen LogP contribution in [0.25, 0.3) is 11.3 Å². The number of carbonyl (C=O) groups is 1. The summed E-state index contributed by atoms with van der Waals surface area (Å²) in [5, 5.41) is 14.6. The van der Waals surface area contributed by atoms with E-state index in [9.17, 15) is 4.79 Å². The Morgan fingerprint density at radius 1 is 1.12 bits per heavy atom. The molecule has 0 aliphatic carbocycles. The van der Waals surface area contributed by atoms with Crippen LogP contribution in [-0.2, 0) is 11.3 Å². The molecule has 0 radical (unpaired) electrons. The van der Waals surface area contributed by atoms with E-state index in [4.69, 9.17) is 9.47 Å².